The van der Waals surface area contributed by atoms with Crippen LogP contribution in [-0.4, -0.2) is 11.1 Å². The van der Waals surface area contributed by atoms with Crippen LogP contribution >= 0.6 is 0 Å². The number of aryl methyl sites for hydroxylation is 2. The molecule has 2 rings (SSSR count). The van der Waals surface area contributed by atoms with Gasteiger partial charge in [-0.2, -0.15) is 0 Å². The van der Waals surface area contributed by atoms with E-state index in [1.54, 1.807) is 12.1 Å². The van der Waals surface area contributed by atoms with Crippen LogP contribution in [0, 0.1) is 13.8 Å². The maximum atomic E-state index is 11.0. The molecule has 2 aromatic rings. The molecule has 0 atom stereocenters. The standard InChI is InChI=1S/C16H17NO3/c1-10-3-4-12(7-11(10)2)9-20-13-5-6-15(17)14(8-13)16(18)19/h3-8H,9,17H2,1-2H3,(H,18,19). The predicted molar refractivity (Wildman–Crippen MR) is 78.1 cm³/mol. The van der Waals surface area contributed by atoms with Crippen LogP contribution in [0.5, 0.6) is 5.75 Å². The van der Waals surface area contributed by atoms with Gasteiger partial charge in [-0.15, -0.1) is 0 Å². The Bertz CT molecular complexity index is 650. The Morgan fingerprint density at radius 3 is 2.55 bits per heavy atom. The van der Waals surface area contributed by atoms with Crippen molar-refractivity contribution in [1.29, 1.82) is 0 Å². The fourth-order valence-electron chi connectivity index (χ4n) is 1.87. The van der Waals surface area contributed by atoms with E-state index in [1.165, 1.54) is 17.2 Å². The highest BCUT2D eigenvalue weighted by molar-refractivity contribution is 5.94. The summed E-state index contributed by atoms with van der Waals surface area (Å²) in [6.07, 6.45) is 0. The molecule has 104 valence electrons. The number of benzene rings is 2. The molecule has 0 aromatic heterocycles. The first-order chi connectivity index (χ1) is 9.47. The second kappa shape index (κ2) is 5.65. The molecule has 3 N–H and O–H groups in total. The van der Waals surface area contributed by atoms with Crippen molar-refractivity contribution < 1.29 is 14.6 Å². The highest BCUT2D eigenvalue weighted by Gasteiger charge is 2.09. The lowest BCUT2D eigenvalue weighted by atomic mass is 10.1. The molecule has 0 fully saturated rings. The molecule has 0 spiro atoms. The van der Waals surface area contributed by atoms with Crippen LogP contribution in [0.4, 0.5) is 5.69 Å². The molecule has 0 unspecified atom stereocenters. The van der Waals surface area contributed by atoms with Crippen LogP contribution < -0.4 is 10.5 Å². The first-order valence-electron chi connectivity index (χ1n) is 6.29. The summed E-state index contributed by atoms with van der Waals surface area (Å²) >= 11 is 0. The second-order valence-corrected chi connectivity index (χ2v) is 4.76. The van der Waals surface area contributed by atoms with E-state index < -0.39 is 5.97 Å². The lowest BCUT2D eigenvalue weighted by Gasteiger charge is -2.09. The van der Waals surface area contributed by atoms with Crippen molar-refractivity contribution >= 4 is 11.7 Å². The quantitative estimate of drug-likeness (QED) is 0.838. The van der Waals surface area contributed by atoms with E-state index >= 15 is 0 Å². The second-order valence-electron chi connectivity index (χ2n) is 4.76. The summed E-state index contributed by atoms with van der Waals surface area (Å²) in [6.45, 7) is 4.49. The molecule has 0 heterocycles. The van der Waals surface area contributed by atoms with Gasteiger partial charge >= 0.3 is 5.97 Å². The minimum Gasteiger partial charge on any atom is -0.489 e. The predicted octanol–water partition coefficient (Wildman–Crippen LogP) is 3.16. The SMILES string of the molecule is Cc1ccc(COc2ccc(N)c(C(=O)O)c2)cc1C. The van der Waals surface area contributed by atoms with E-state index in [1.807, 2.05) is 19.1 Å². The van der Waals surface area contributed by atoms with Gasteiger partial charge in [0.25, 0.3) is 0 Å². The molecule has 0 aliphatic carbocycles. The molecule has 2 aromatic carbocycles. The highest BCUT2D eigenvalue weighted by Crippen LogP contribution is 2.21. The summed E-state index contributed by atoms with van der Waals surface area (Å²) in [4.78, 5) is 11.0. The van der Waals surface area contributed by atoms with Crippen molar-refractivity contribution in [2.24, 2.45) is 0 Å². The van der Waals surface area contributed by atoms with Crippen molar-refractivity contribution in [1.82, 2.24) is 0 Å². The zero-order valence-corrected chi connectivity index (χ0v) is 11.5. The average Bonchev–Trinajstić information content (AvgIpc) is 2.41. The summed E-state index contributed by atoms with van der Waals surface area (Å²) in [6, 6.07) is 10.8. The maximum absolute atomic E-state index is 11.0. The number of rotatable bonds is 4. The van der Waals surface area contributed by atoms with Gasteiger partial charge in [0.15, 0.2) is 0 Å². The molecule has 0 aliphatic heterocycles. The van der Waals surface area contributed by atoms with Crippen molar-refractivity contribution in [3.8, 4) is 5.75 Å². The minimum atomic E-state index is -1.06. The van der Waals surface area contributed by atoms with Crippen molar-refractivity contribution in [2.75, 3.05) is 5.73 Å². The molecular weight excluding hydrogens is 254 g/mol. The molecule has 0 saturated carbocycles. The fraction of sp³-hybridized carbons (Fsp3) is 0.188. The molecule has 0 bridgehead atoms. The number of carboxylic acid groups (broad SMARTS) is 1. The largest absolute Gasteiger partial charge is 0.489 e. The first kappa shape index (κ1) is 13.9. The first-order valence-corrected chi connectivity index (χ1v) is 6.29. The Kier molecular flexibility index (Phi) is 3.94. The van der Waals surface area contributed by atoms with Gasteiger partial charge in [0, 0.05) is 5.69 Å². The third kappa shape index (κ3) is 3.09. The number of aromatic carboxylic acids is 1. The molecule has 20 heavy (non-hydrogen) atoms. The topological polar surface area (TPSA) is 72.5 Å². The number of ether oxygens (including phenoxy) is 1. The molecule has 0 saturated heterocycles. The number of anilines is 1. The normalized spacial score (nSPS) is 10.3. The average molecular weight is 271 g/mol. The van der Waals surface area contributed by atoms with Crippen LogP contribution in [0.25, 0.3) is 0 Å². The minimum absolute atomic E-state index is 0.0580. The molecule has 0 amide bonds. The van der Waals surface area contributed by atoms with E-state index in [-0.39, 0.29) is 11.3 Å². The maximum Gasteiger partial charge on any atom is 0.337 e. The van der Waals surface area contributed by atoms with Gasteiger partial charge in [0.1, 0.15) is 12.4 Å². The number of carboxylic acids is 1. The molecule has 0 radical (unpaired) electrons. The van der Waals surface area contributed by atoms with E-state index in [0.717, 1.165) is 5.56 Å². The molecule has 4 heteroatoms. The highest BCUT2D eigenvalue weighted by atomic mass is 16.5. The van der Waals surface area contributed by atoms with Gasteiger partial charge in [-0.1, -0.05) is 18.2 Å². The summed E-state index contributed by atoms with van der Waals surface area (Å²) < 4.78 is 5.61. The molecule has 4 nitrogen and oxygen atoms in total. The zero-order valence-electron chi connectivity index (χ0n) is 11.5. The van der Waals surface area contributed by atoms with Gasteiger partial charge in [0.05, 0.1) is 5.56 Å². The molecule has 0 aliphatic rings. The third-order valence-electron chi connectivity index (χ3n) is 3.23. The van der Waals surface area contributed by atoms with Gasteiger partial charge in [-0.3, -0.25) is 0 Å². The van der Waals surface area contributed by atoms with Gasteiger partial charge < -0.3 is 15.6 Å². The van der Waals surface area contributed by atoms with Crippen LogP contribution in [0.15, 0.2) is 36.4 Å². The number of nitrogens with two attached hydrogens (primary N) is 1. The van der Waals surface area contributed by atoms with Crippen molar-refractivity contribution in [2.45, 2.75) is 20.5 Å². The van der Waals surface area contributed by atoms with E-state index in [4.69, 9.17) is 15.6 Å². The van der Waals surface area contributed by atoms with E-state index in [9.17, 15) is 4.79 Å². The summed E-state index contributed by atoms with van der Waals surface area (Å²) in [5.74, 6) is -0.561. The van der Waals surface area contributed by atoms with Gasteiger partial charge in [-0.05, 0) is 48.7 Å². The Balaban J connectivity index is 2.12. The summed E-state index contributed by atoms with van der Waals surface area (Å²) in [7, 11) is 0. The van der Waals surface area contributed by atoms with Crippen LogP contribution in [0.2, 0.25) is 0 Å². The van der Waals surface area contributed by atoms with Gasteiger partial charge in [-0.25, -0.2) is 4.79 Å². The Labute approximate surface area is 117 Å². The lowest BCUT2D eigenvalue weighted by molar-refractivity contribution is 0.0697. The Morgan fingerprint density at radius 2 is 1.90 bits per heavy atom. The lowest BCUT2D eigenvalue weighted by Crippen LogP contribution is -2.03. The van der Waals surface area contributed by atoms with Gasteiger partial charge in [0.2, 0.25) is 0 Å². The van der Waals surface area contributed by atoms with Crippen LogP contribution in [-0.2, 0) is 6.61 Å². The third-order valence-corrected chi connectivity index (χ3v) is 3.23. The number of hydrogen-bond donors (Lipinski definition) is 2. The van der Waals surface area contributed by atoms with Crippen LogP contribution in [0.3, 0.4) is 0 Å². The number of hydrogen-bond acceptors (Lipinski definition) is 3. The molecular formula is C16H17NO3. The Hall–Kier alpha value is -2.49. The smallest absolute Gasteiger partial charge is 0.337 e. The summed E-state index contributed by atoms with van der Waals surface area (Å²) in [5, 5.41) is 9.01. The monoisotopic (exact) mass is 271 g/mol. The van der Waals surface area contributed by atoms with E-state index in [0.29, 0.717) is 12.4 Å². The zero-order chi connectivity index (χ0) is 14.7. The fourth-order valence-corrected chi connectivity index (χ4v) is 1.87. The number of nitrogen functional groups attached to an aromatic ring is 1. The van der Waals surface area contributed by atoms with Crippen LogP contribution in [0.1, 0.15) is 27.0 Å². The summed E-state index contributed by atoms with van der Waals surface area (Å²) in [5.41, 5.74) is 9.37. The van der Waals surface area contributed by atoms with E-state index in [2.05, 4.69) is 13.0 Å². The van der Waals surface area contributed by atoms with Crippen molar-refractivity contribution in [3.05, 3.63) is 58.7 Å². The van der Waals surface area contributed by atoms with Crippen molar-refractivity contribution in [3.63, 3.8) is 0 Å². The Morgan fingerprint density at radius 1 is 1.15 bits per heavy atom. The number of carbonyl (C=O) groups is 1.